The molecule has 0 saturated carbocycles. The van der Waals surface area contributed by atoms with Crippen LogP contribution >= 0.6 is 27.5 Å². The average molecular weight is 589 g/mol. The Morgan fingerprint density at radius 2 is 1.87 bits per heavy atom. The summed E-state index contributed by atoms with van der Waals surface area (Å²) in [6.07, 6.45) is 1.89. The normalized spacial score (nSPS) is 17.4. The molecule has 5 nitrogen and oxygen atoms in total. The van der Waals surface area contributed by atoms with Gasteiger partial charge in [0, 0.05) is 22.2 Å². The molecular formula is C31H27BrClN3O2. The molecule has 0 fully saturated rings. The van der Waals surface area contributed by atoms with Crippen molar-refractivity contribution < 1.29 is 9.53 Å². The Kier molecular flexibility index (Phi) is 7.34. The van der Waals surface area contributed by atoms with Gasteiger partial charge in [-0.25, -0.2) is 0 Å². The van der Waals surface area contributed by atoms with Gasteiger partial charge in [0.1, 0.15) is 18.2 Å². The monoisotopic (exact) mass is 587 g/mol. The lowest BCUT2D eigenvalue weighted by Crippen LogP contribution is -2.39. The molecule has 38 heavy (non-hydrogen) atoms. The first-order valence-corrected chi connectivity index (χ1v) is 13.7. The third-order valence-corrected chi connectivity index (χ3v) is 8.22. The molecule has 3 aromatic rings. The lowest BCUT2D eigenvalue weighted by Gasteiger charge is -2.40. The molecule has 0 saturated heterocycles. The highest BCUT2D eigenvalue weighted by Gasteiger charge is 2.41. The van der Waals surface area contributed by atoms with Crippen LogP contribution in [0.3, 0.4) is 0 Å². The molecule has 1 unspecified atom stereocenters. The van der Waals surface area contributed by atoms with Crippen molar-refractivity contribution in [1.82, 2.24) is 0 Å². The molecule has 0 bridgehead atoms. The van der Waals surface area contributed by atoms with Gasteiger partial charge in [-0.15, -0.1) is 0 Å². The number of allylic oxidation sites excluding steroid dienone is 3. The van der Waals surface area contributed by atoms with Crippen molar-refractivity contribution in [2.75, 3.05) is 4.90 Å². The zero-order valence-electron chi connectivity index (χ0n) is 21.2. The Hall–Kier alpha value is -3.53. The van der Waals surface area contributed by atoms with Crippen LogP contribution in [-0.4, -0.2) is 5.78 Å². The van der Waals surface area contributed by atoms with E-state index in [2.05, 4.69) is 34.1 Å². The highest BCUT2D eigenvalue weighted by molar-refractivity contribution is 9.10. The van der Waals surface area contributed by atoms with Gasteiger partial charge in [0.25, 0.3) is 0 Å². The Bertz CT molecular complexity index is 1550. The number of nitrogens with zero attached hydrogens (tertiary/aromatic N) is 2. The summed E-state index contributed by atoms with van der Waals surface area (Å²) >= 11 is 9.94. The van der Waals surface area contributed by atoms with Crippen LogP contribution in [0.5, 0.6) is 5.75 Å². The smallest absolute Gasteiger partial charge is 0.161 e. The fourth-order valence-corrected chi connectivity index (χ4v) is 6.09. The summed E-state index contributed by atoms with van der Waals surface area (Å²) in [6, 6.07) is 21.6. The molecule has 0 amide bonds. The van der Waals surface area contributed by atoms with Crippen molar-refractivity contribution in [3.05, 3.63) is 115 Å². The number of hydrogen-bond acceptors (Lipinski definition) is 5. The van der Waals surface area contributed by atoms with Gasteiger partial charge in [-0.2, -0.15) is 5.26 Å². The predicted octanol–water partition coefficient (Wildman–Crippen LogP) is 7.60. The summed E-state index contributed by atoms with van der Waals surface area (Å²) in [6.45, 7) is 4.33. The zero-order valence-corrected chi connectivity index (χ0v) is 23.6. The summed E-state index contributed by atoms with van der Waals surface area (Å²) in [4.78, 5) is 15.5. The minimum absolute atomic E-state index is 0.0586. The summed E-state index contributed by atoms with van der Waals surface area (Å²) in [5.74, 6) is 0.476. The highest BCUT2D eigenvalue weighted by atomic mass is 79.9. The van der Waals surface area contributed by atoms with Crippen LogP contribution in [0.1, 0.15) is 47.4 Å². The molecule has 3 aromatic carbocycles. The molecule has 2 aliphatic rings. The van der Waals surface area contributed by atoms with Crippen LogP contribution in [0.4, 0.5) is 5.69 Å². The SMILES string of the molecule is Cc1cc(COc2ccccc2Cl)c(C)c(C2C(C#N)=C(N)N(c3ccccc3Br)C3=C2C(=O)CCC3)c1. The summed E-state index contributed by atoms with van der Waals surface area (Å²) in [7, 11) is 0. The average Bonchev–Trinajstić information content (AvgIpc) is 2.90. The Labute approximate surface area is 236 Å². The van der Waals surface area contributed by atoms with E-state index in [9.17, 15) is 10.1 Å². The number of Topliss-reactive ketones (excluding diaryl/α,β-unsaturated/α-hetero) is 1. The molecular weight excluding hydrogens is 562 g/mol. The van der Waals surface area contributed by atoms with Gasteiger partial charge in [-0.1, -0.05) is 53.6 Å². The number of para-hydroxylation sites is 2. The number of carbonyl (C=O) groups excluding carboxylic acids is 1. The number of ketones is 1. The number of halogens is 2. The fraction of sp³-hybridized carbons (Fsp3) is 0.226. The molecule has 192 valence electrons. The molecule has 1 aliphatic heterocycles. The number of ether oxygens (including phenoxy) is 1. The summed E-state index contributed by atoms with van der Waals surface area (Å²) < 4.78 is 6.91. The van der Waals surface area contributed by atoms with E-state index in [-0.39, 0.29) is 5.78 Å². The maximum absolute atomic E-state index is 13.6. The van der Waals surface area contributed by atoms with Crippen LogP contribution in [0.25, 0.3) is 0 Å². The number of rotatable bonds is 5. The minimum atomic E-state index is -0.541. The second kappa shape index (κ2) is 10.7. The number of nitrogens with two attached hydrogens (primary N) is 1. The quantitative estimate of drug-likeness (QED) is 0.332. The predicted molar refractivity (Wildman–Crippen MR) is 154 cm³/mol. The van der Waals surface area contributed by atoms with Crippen LogP contribution in [0.15, 0.2) is 87.8 Å². The second-order valence-corrected chi connectivity index (χ2v) is 10.9. The maximum atomic E-state index is 13.6. The van der Waals surface area contributed by atoms with E-state index in [1.54, 1.807) is 6.07 Å². The van der Waals surface area contributed by atoms with E-state index < -0.39 is 5.92 Å². The van der Waals surface area contributed by atoms with Crippen molar-refractivity contribution >= 4 is 39.0 Å². The van der Waals surface area contributed by atoms with Crippen molar-refractivity contribution in [2.24, 2.45) is 5.73 Å². The van der Waals surface area contributed by atoms with E-state index in [0.717, 1.165) is 44.5 Å². The van der Waals surface area contributed by atoms with Crippen molar-refractivity contribution in [2.45, 2.75) is 45.6 Å². The fourth-order valence-electron chi connectivity index (χ4n) is 5.44. The zero-order chi connectivity index (χ0) is 27.0. The van der Waals surface area contributed by atoms with E-state index >= 15 is 0 Å². The molecule has 0 spiro atoms. The molecule has 7 heteroatoms. The number of carbonyl (C=O) groups is 1. The Morgan fingerprint density at radius 1 is 1.13 bits per heavy atom. The van der Waals surface area contributed by atoms with E-state index in [1.807, 2.05) is 61.2 Å². The van der Waals surface area contributed by atoms with Gasteiger partial charge in [0.15, 0.2) is 5.78 Å². The van der Waals surface area contributed by atoms with E-state index in [4.69, 9.17) is 22.1 Å². The summed E-state index contributed by atoms with van der Waals surface area (Å²) in [5, 5.41) is 11.0. The molecule has 1 atom stereocenters. The number of anilines is 1. The van der Waals surface area contributed by atoms with Gasteiger partial charge in [0.05, 0.1) is 28.3 Å². The largest absolute Gasteiger partial charge is 0.487 e. The van der Waals surface area contributed by atoms with Crippen molar-refractivity contribution in [1.29, 1.82) is 5.26 Å². The molecule has 0 aromatic heterocycles. The molecule has 5 rings (SSSR count). The topological polar surface area (TPSA) is 79.3 Å². The van der Waals surface area contributed by atoms with E-state index in [1.165, 1.54) is 0 Å². The lowest BCUT2D eigenvalue weighted by molar-refractivity contribution is -0.116. The Balaban J connectivity index is 1.65. The lowest BCUT2D eigenvalue weighted by atomic mass is 9.73. The number of aryl methyl sites for hydroxylation is 1. The minimum Gasteiger partial charge on any atom is -0.487 e. The van der Waals surface area contributed by atoms with Crippen LogP contribution in [-0.2, 0) is 11.4 Å². The first kappa shape index (κ1) is 26.1. The van der Waals surface area contributed by atoms with Crippen molar-refractivity contribution in [3.8, 4) is 11.8 Å². The number of benzene rings is 3. The highest BCUT2D eigenvalue weighted by Crippen LogP contribution is 2.48. The van der Waals surface area contributed by atoms with Crippen LogP contribution in [0.2, 0.25) is 5.02 Å². The van der Waals surface area contributed by atoms with Gasteiger partial charge < -0.3 is 10.5 Å². The Morgan fingerprint density at radius 3 is 2.61 bits per heavy atom. The molecule has 0 radical (unpaired) electrons. The van der Waals surface area contributed by atoms with E-state index in [0.29, 0.717) is 47.2 Å². The molecule has 2 N–H and O–H groups in total. The standard InChI is InChI=1S/C31H27BrClN3O2/c1-18-14-20(17-38-28-13-6-4-9-24(28)33)19(2)21(15-18)29-22(16-34)31(35)36(25-10-5-3-8-23(25)32)26-11-7-12-27(37)30(26)29/h3-6,8-10,13-15,29H,7,11-12,17,35H2,1-2H3. The third kappa shape index (κ3) is 4.62. The van der Waals surface area contributed by atoms with Gasteiger partial charge >= 0.3 is 0 Å². The second-order valence-electron chi connectivity index (χ2n) is 9.63. The van der Waals surface area contributed by atoms with Gasteiger partial charge in [-0.3, -0.25) is 9.69 Å². The first-order valence-electron chi connectivity index (χ1n) is 12.5. The summed E-state index contributed by atoms with van der Waals surface area (Å²) in [5.41, 5.74) is 13.3. The van der Waals surface area contributed by atoms with Gasteiger partial charge in [0.2, 0.25) is 0 Å². The molecule has 1 aliphatic carbocycles. The van der Waals surface area contributed by atoms with Crippen molar-refractivity contribution in [3.63, 3.8) is 0 Å². The number of hydrogen-bond donors (Lipinski definition) is 1. The molecule has 1 heterocycles. The van der Waals surface area contributed by atoms with Crippen LogP contribution < -0.4 is 15.4 Å². The van der Waals surface area contributed by atoms with Gasteiger partial charge in [-0.05, 0) is 83.6 Å². The van der Waals surface area contributed by atoms with Crippen LogP contribution in [0, 0.1) is 25.2 Å². The first-order chi connectivity index (χ1) is 18.3. The third-order valence-electron chi connectivity index (χ3n) is 7.24. The maximum Gasteiger partial charge on any atom is 0.161 e. The number of nitriles is 1.